The van der Waals surface area contributed by atoms with Crippen LogP contribution in [0.2, 0.25) is 0 Å². The van der Waals surface area contributed by atoms with Crippen LogP contribution >= 0.6 is 0 Å². The van der Waals surface area contributed by atoms with E-state index in [2.05, 4.69) is 22.2 Å². The molecule has 2 aliphatic carbocycles. The largest absolute Gasteiger partial charge is 0.400 e. The molecule has 0 aliphatic heterocycles. The molecule has 8 heteroatoms. The summed E-state index contributed by atoms with van der Waals surface area (Å²) in [6, 6.07) is 2.08. The number of aliphatic hydroxyl groups excluding tert-OH is 2. The molecule has 0 bridgehead atoms. The average molecular weight is 432 g/mol. The molecule has 0 spiro atoms. The fraction of sp³-hybridized carbons (Fsp3) is 0.652. The summed E-state index contributed by atoms with van der Waals surface area (Å²) >= 11 is 0. The molecule has 1 amide bonds. The van der Waals surface area contributed by atoms with Crippen molar-refractivity contribution >= 4 is 5.91 Å². The van der Waals surface area contributed by atoms with Crippen LogP contribution in [-0.2, 0) is 7.05 Å². The number of aliphatic hydroxyl groups is 2. The first-order valence-corrected chi connectivity index (χ1v) is 11.3. The highest BCUT2D eigenvalue weighted by Crippen LogP contribution is 2.52. The number of nitrogens with zero attached hydrogens (tertiary/aromatic N) is 4. The molecule has 8 nitrogen and oxygen atoms in total. The van der Waals surface area contributed by atoms with E-state index in [9.17, 15) is 9.90 Å². The summed E-state index contributed by atoms with van der Waals surface area (Å²) in [4.78, 5) is 26.5. The second-order valence-electron chi connectivity index (χ2n) is 8.82. The first kappa shape index (κ1) is 23.3. The standard InChI is InChI=1S/C22H31N5O2.CH4O.H2/c1-3-22(13-28)10-15(11-22)17-9-18(21(29)24-16-7-5-4-6-8-16)26-20(25-17)19-12-23-14-27(19)2;1-2;/h9,12,14-16,28H,3-8,10-11,13H2,1-2H3,(H,24,29);2H,1H3;1H. The summed E-state index contributed by atoms with van der Waals surface area (Å²) in [6.07, 6.45) is 11.8. The van der Waals surface area contributed by atoms with Crippen molar-refractivity contribution in [3.05, 3.63) is 30.0 Å². The summed E-state index contributed by atoms with van der Waals surface area (Å²) in [7, 11) is 2.90. The van der Waals surface area contributed by atoms with Crippen LogP contribution in [0.5, 0.6) is 0 Å². The monoisotopic (exact) mass is 431 g/mol. The molecule has 2 aliphatic rings. The first-order valence-electron chi connectivity index (χ1n) is 11.3. The Hall–Kier alpha value is -2.32. The van der Waals surface area contributed by atoms with Gasteiger partial charge in [-0.15, -0.1) is 0 Å². The molecule has 4 rings (SSSR count). The van der Waals surface area contributed by atoms with E-state index >= 15 is 0 Å². The lowest BCUT2D eigenvalue weighted by atomic mass is 9.60. The Morgan fingerprint density at radius 2 is 1.97 bits per heavy atom. The minimum Gasteiger partial charge on any atom is -0.400 e. The van der Waals surface area contributed by atoms with Crippen molar-refractivity contribution in [2.75, 3.05) is 13.7 Å². The quantitative estimate of drug-likeness (QED) is 0.648. The highest BCUT2D eigenvalue weighted by molar-refractivity contribution is 5.93. The lowest BCUT2D eigenvalue weighted by Crippen LogP contribution is -2.39. The lowest BCUT2D eigenvalue weighted by Gasteiger charge is -2.46. The van der Waals surface area contributed by atoms with Gasteiger partial charge in [0.1, 0.15) is 11.4 Å². The molecule has 2 saturated carbocycles. The number of aromatic nitrogens is 4. The smallest absolute Gasteiger partial charge is 0.270 e. The lowest BCUT2D eigenvalue weighted by molar-refractivity contribution is 0.0203. The van der Waals surface area contributed by atoms with Gasteiger partial charge in [-0.25, -0.2) is 15.0 Å². The van der Waals surface area contributed by atoms with Crippen molar-refractivity contribution in [1.82, 2.24) is 24.8 Å². The number of amides is 1. The van der Waals surface area contributed by atoms with Crippen LogP contribution in [0.3, 0.4) is 0 Å². The van der Waals surface area contributed by atoms with Crippen molar-refractivity contribution in [1.29, 1.82) is 0 Å². The van der Waals surface area contributed by atoms with E-state index in [1.54, 1.807) is 12.5 Å². The molecule has 172 valence electrons. The molecule has 0 aromatic carbocycles. The number of nitrogens with one attached hydrogen (secondary N) is 1. The number of hydrogen-bond acceptors (Lipinski definition) is 6. The third kappa shape index (κ3) is 5.13. The molecular weight excluding hydrogens is 394 g/mol. The van der Waals surface area contributed by atoms with Crippen molar-refractivity contribution in [3.8, 4) is 11.5 Å². The maximum absolute atomic E-state index is 13.0. The van der Waals surface area contributed by atoms with Crippen molar-refractivity contribution in [3.63, 3.8) is 0 Å². The minimum absolute atomic E-state index is 0. The molecule has 2 heterocycles. The van der Waals surface area contributed by atoms with Gasteiger partial charge in [-0.2, -0.15) is 0 Å². The number of aryl methyl sites for hydroxylation is 1. The average Bonchev–Trinajstić information content (AvgIpc) is 3.21. The number of carbonyl (C=O) groups excluding carboxylic acids is 1. The van der Waals surface area contributed by atoms with E-state index in [1.165, 1.54) is 19.3 Å². The van der Waals surface area contributed by atoms with Gasteiger partial charge in [0.2, 0.25) is 0 Å². The molecule has 0 saturated heterocycles. The predicted octanol–water partition coefficient (Wildman–Crippen LogP) is 3.06. The fourth-order valence-electron chi connectivity index (χ4n) is 4.71. The highest BCUT2D eigenvalue weighted by Gasteiger charge is 2.44. The van der Waals surface area contributed by atoms with Crippen LogP contribution in [-0.4, -0.2) is 55.4 Å². The maximum Gasteiger partial charge on any atom is 0.270 e. The SMILES string of the molecule is CCC1(CO)CC(c2cc(C(=O)NC3CCCCC3)nc(-c3cncn3C)n2)C1.CO.[HH]. The van der Waals surface area contributed by atoms with E-state index in [0.717, 1.165) is 50.6 Å². The Kier molecular flexibility index (Phi) is 7.78. The van der Waals surface area contributed by atoms with Crippen molar-refractivity contribution in [2.45, 2.75) is 70.3 Å². The molecule has 2 aromatic heterocycles. The number of rotatable bonds is 6. The Morgan fingerprint density at radius 1 is 1.26 bits per heavy atom. The third-order valence-corrected chi connectivity index (χ3v) is 6.83. The summed E-state index contributed by atoms with van der Waals surface area (Å²) in [5.74, 6) is 0.666. The van der Waals surface area contributed by atoms with Gasteiger partial charge in [-0.3, -0.25) is 4.79 Å². The maximum atomic E-state index is 13.0. The van der Waals surface area contributed by atoms with E-state index in [1.807, 2.05) is 17.7 Å². The summed E-state index contributed by atoms with van der Waals surface area (Å²) in [5.41, 5.74) is 2.10. The van der Waals surface area contributed by atoms with Gasteiger partial charge in [-0.1, -0.05) is 26.2 Å². The Balaban J connectivity index is 0.00000118. The second kappa shape index (κ2) is 10.3. The summed E-state index contributed by atoms with van der Waals surface area (Å²) < 4.78 is 1.87. The topological polar surface area (TPSA) is 113 Å². The molecule has 2 fully saturated rings. The Morgan fingerprint density at radius 3 is 2.55 bits per heavy atom. The van der Waals surface area contributed by atoms with Crippen LogP contribution in [0.15, 0.2) is 18.6 Å². The van der Waals surface area contributed by atoms with E-state index in [-0.39, 0.29) is 31.3 Å². The van der Waals surface area contributed by atoms with Crippen LogP contribution in [0.1, 0.15) is 81.8 Å². The van der Waals surface area contributed by atoms with Gasteiger partial charge in [-0.05, 0) is 43.6 Å². The van der Waals surface area contributed by atoms with Gasteiger partial charge in [0.15, 0.2) is 5.82 Å². The van der Waals surface area contributed by atoms with Gasteiger partial charge in [0.05, 0.1) is 12.5 Å². The minimum atomic E-state index is -0.118. The Labute approximate surface area is 185 Å². The summed E-state index contributed by atoms with van der Waals surface area (Å²) in [6.45, 7) is 2.32. The van der Waals surface area contributed by atoms with E-state index in [0.29, 0.717) is 11.5 Å². The van der Waals surface area contributed by atoms with Crippen LogP contribution in [0.4, 0.5) is 0 Å². The van der Waals surface area contributed by atoms with Gasteiger partial charge in [0.25, 0.3) is 5.91 Å². The molecule has 0 unspecified atom stereocenters. The van der Waals surface area contributed by atoms with Gasteiger partial charge < -0.3 is 20.1 Å². The normalized spacial score (nSPS) is 23.5. The zero-order valence-corrected chi connectivity index (χ0v) is 18.8. The van der Waals surface area contributed by atoms with Crippen LogP contribution in [0, 0.1) is 5.41 Å². The molecule has 2 aromatic rings. The van der Waals surface area contributed by atoms with Gasteiger partial charge >= 0.3 is 0 Å². The molecule has 3 N–H and O–H groups in total. The van der Waals surface area contributed by atoms with Crippen LogP contribution < -0.4 is 5.32 Å². The molecule has 31 heavy (non-hydrogen) atoms. The zero-order chi connectivity index (χ0) is 22.4. The summed E-state index contributed by atoms with van der Waals surface area (Å²) in [5, 5.41) is 19.9. The van der Waals surface area contributed by atoms with Gasteiger partial charge in [0, 0.05) is 39.8 Å². The van der Waals surface area contributed by atoms with Crippen molar-refractivity contribution in [2.24, 2.45) is 12.5 Å². The molecule has 0 atom stereocenters. The van der Waals surface area contributed by atoms with E-state index < -0.39 is 0 Å². The molecule has 0 radical (unpaired) electrons. The number of imidazole rings is 1. The zero-order valence-electron chi connectivity index (χ0n) is 18.8. The van der Waals surface area contributed by atoms with E-state index in [4.69, 9.17) is 10.1 Å². The fourth-order valence-corrected chi connectivity index (χ4v) is 4.71. The second-order valence-corrected chi connectivity index (χ2v) is 8.82. The Bertz CT molecular complexity index is 870. The van der Waals surface area contributed by atoms with Crippen LogP contribution in [0.25, 0.3) is 11.5 Å². The van der Waals surface area contributed by atoms with Crippen molar-refractivity contribution < 1.29 is 16.4 Å². The molecular formula is C23H37N5O3. The third-order valence-electron chi connectivity index (χ3n) is 6.83. The first-order chi connectivity index (χ1) is 15.0. The predicted molar refractivity (Wildman–Crippen MR) is 121 cm³/mol. The number of hydrogen-bond donors (Lipinski definition) is 3. The highest BCUT2D eigenvalue weighted by atomic mass is 16.3. The number of carbonyl (C=O) groups is 1.